The smallest absolute Gasteiger partial charge is 0.162 e. The number of hydrogen-bond donors (Lipinski definition) is 1. The lowest BCUT2D eigenvalue weighted by Crippen LogP contribution is -2.22. The first-order chi connectivity index (χ1) is 10.4. The quantitative estimate of drug-likeness (QED) is 0.567. The Balaban J connectivity index is 1.51. The van der Waals surface area contributed by atoms with Gasteiger partial charge < -0.3 is 10.1 Å². The van der Waals surface area contributed by atoms with Crippen LogP contribution in [0.5, 0.6) is 5.75 Å². The summed E-state index contributed by atoms with van der Waals surface area (Å²) in [6.07, 6.45) is 1.43. The van der Waals surface area contributed by atoms with Gasteiger partial charge in [0.2, 0.25) is 0 Å². The van der Waals surface area contributed by atoms with Crippen molar-refractivity contribution in [2.75, 3.05) is 19.7 Å². The molecule has 0 spiro atoms. The maximum atomic E-state index is 11.9. The average Bonchev–Trinajstić information content (AvgIpc) is 2.55. The number of Topliss-reactive ketones (excluding diaryl/α,β-unsaturated/α-hetero) is 1. The maximum absolute atomic E-state index is 11.9. The van der Waals surface area contributed by atoms with Gasteiger partial charge in [0.25, 0.3) is 0 Å². The molecule has 2 aromatic rings. The molecule has 0 atom stereocenters. The van der Waals surface area contributed by atoms with Crippen LogP contribution in [0.2, 0.25) is 0 Å². The SMILES string of the molecule is O=C(CCCNCCOc1ccccc1)c1ccccc1. The highest BCUT2D eigenvalue weighted by Gasteiger charge is 2.03. The molecule has 0 aliphatic rings. The predicted octanol–water partition coefficient (Wildman–Crippen LogP) is 3.32. The molecule has 0 aliphatic carbocycles. The zero-order valence-electron chi connectivity index (χ0n) is 12.1. The van der Waals surface area contributed by atoms with E-state index in [1.807, 2.05) is 60.7 Å². The van der Waals surface area contributed by atoms with Gasteiger partial charge in [0, 0.05) is 18.5 Å². The number of carbonyl (C=O) groups is 1. The molecule has 3 nitrogen and oxygen atoms in total. The van der Waals surface area contributed by atoms with Gasteiger partial charge in [0.1, 0.15) is 12.4 Å². The number of hydrogen-bond acceptors (Lipinski definition) is 3. The Morgan fingerprint density at radius 2 is 1.57 bits per heavy atom. The van der Waals surface area contributed by atoms with Crippen LogP contribution in [-0.2, 0) is 0 Å². The van der Waals surface area contributed by atoms with Gasteiger partial charge in [-0.05, 0) is 25.1 Å². The second-order valence-electron chi connectivity index (χ2n) is 4.80. The van der Waals surface area contributed by atoms with Crippen molar-refractivity contribution >= 4 is 5.78 Å². The maximum Gasteiger partial charge on any atom is 0.162 e. The Morgan fingerprint density at radius 3 is 2.29 bits per heavy atom. The van der Waals surface area contributed by atoms with Crippen molar-refractivity contribution in [1.29, 1.82) is 0 Å². The molecule has 0 amide bonds. The van der Waals surface area contributed by atoms with Gasteiger partial charge in [-0.25, -0.2) is 0 Å². The van der Waals surface area contributed by atoms with Crippen LogP contribution in [0.3, 0.4) is 0 Å². The topological polar surface area (TPSA) is 38.3 Å². The molecule has 0 saturated carbocycles. The molecule has 0 radical (unpaired) electrons. The first kappa shape index (κ1) is 15.3. The van der Waals surface area contributed by atoms with Gasteiger partial charge in [-0.15, -0.1) is 0 Å². The van der Waals surface area contributed by atoms with E-state index < -0.39 is 0 Å². The lowest BCUT2D eigenvalue weighted by molar-refractivity contribution is 0.0980. The third-order valence-electron chi connectivity index (χ3n) is 3.14. The van der Waals surface area contributed by atoms with E-state index >= 15 is 0 Å². The van der Waals surface area contributed by atoms with Crippen LogP contribution in [0, 0.1) is 0 Å². The zero-order valence-corrected chi connectivity index (χ0v) is 12.1. The molecule has 110 valence electrons. The highest BCUT2D eigenvalue weighted by molar-refractivity contribution is 5.95. The highest BCUT2D eigenvalue weighted by Crippen LogP contribution is 2.07. The Bertz CT molecular complexity index is 525. The van der Waals surface area contributed by atoms with Gasteiger partial charge >= 0.3 is 0 Å². The van der Waals surface area contributed by atoms with Crippen LogP contribution in [0.1, 0.15) is 23.2 Å². The summed E-state index contributed by atoms with van der Waals surface area (Å²) in [5.41, 5.74) is 0.796. The number of rotatable bonds is 9. The Morgan fingerprint density at radius 1 is 0.905 bits per heavy atom. The first-order valence-electron chi connectivity index (χ1n) is 7.33. The molecular formula is C18H21NO2. The van der Waals surface area contributed by atoms with Crippen LogP contribution in [-0.4, -0.2) is 25.5 Å². The molecule has 3 heteroatoms. The largest absolute Gasteiger partial charge is 0.492 e. The third-order valence-corrected chi connectivity index (χ3v) is 3.14. The minimum Gasteiger partial charge on any atom is -0.492 e. The lowest BCUT2D eigenvalue weighted by Gasteiger charge is -2.07. The van der Waals surface area contributed by atoms with E-state index in [2.05, 4.69) is 5.32 Å². The summed E-state index contributed by atoms with van der Waals surface area (Å²) >= 11 is 0. The minimum atomic E-state index is 0.206. The standard InChI is InChI=1S/C18H21NO2/c20-18(16-8-3-1-4-9-16)12-7-13-19-14-15-21-17-10-5-2-6-11-17/h1-6,8-11,19H,7,12-15H2. The van der Waals surface area contributed by atoms with E-state index in [1.165, 1.54) is 0 Å². The number of carbonyl (C=O) groups excluding carboxylic acids is 1. The molecule has 0 aromatic heterocycles. The van der Waals surface area contributed by atoms with Gasteiger partial charge in [-0.1, -0.05) is 48.5 Å². The predicted molar refractivity (Wildman–Crippen MR) is 84.8 cm³/mol. The van der Waals surface area contributed by atoms with Crippen molar-refractivity contribution in [2.45, 2.75) is 12.8 Å². The average molecular weight is 283 g/mol. The van der Waals surface area contributed by atoms with Crippen molar-refractivity contribution in [3.63, 3.8) is 0 Å². The number of benzene rings is 2. The van der Waals surface area contributed by atoms with Crippen LogP contribution in [0.25, 0.3) is 0 Å². The Hall–Kier alpha value is -2.13. The van der Waals surface area contributed by atoms with Crippen molar-refractivity contribution in [2.24, 2.45) is 0 Å². The zero-order chi connectivity index (χ0) is 14.8. The fraction of sp³-hybridized carbons (Fsp3) is 0.278. The monoisotopic (exact) mass is 283 g/mol. The number of ether oxygens (including phenoxy) is 1. The molecule has 21 heavy (non-hydrogen) atoms. The van der Waals surface area contributed by atoms with E-state index in [-0.39, 0.29) is 5.78 Å². The van der Waals surface area contributed by atoms with Crippen LogP contribution in [0.15, 0.2) is 60.7 Å². The molecule has 0 saturated heterocycles. The fourth-order valence-corrected chi connectivity index (χ4v) is 2.03. The number of nitrogens with one attached hydrogen (secondary N) is 1. The Kier molecular flexibility index (Phi) is 6.49. The van der Waals surface area contributed by atoms with Gasteiger partial charge in [-0.2, -0.15) is 0 Å². The summed E-state index contributed by atoms with van der Waals surface area (Å²) in [5.74, 6) is 1.09. The molecule has 0 unspecified atom stereocenters. The molecule has 1 N–H and O–H groups in total. The van der Waals surface area contributed by atoms with E-state index in [1.54, 1.807) is 0 Å². The second kappa shape index (κ2) is 8.93. The van der Waals surface area contributed by atoms with Gasteiger partial charge in [0.05, 0.1) is 0 Å². The van der Waals surface area contributed by atoms with E-state index in [0.717, 1.165) is 30.8 Å². The number of para-hydroxylation sites is 1. The van der Waals surface area contributed by atoms with Crippen LogP contribution >= 0.6 is 0 Å². The van der Waals surface area contributed by atoms with Crippen molar-refractivity contribution in [3.8, 4) is 5.75 Å². The highest BCUT2D eigenvalue weighted by atomic mass is 16.5. The summed E-state index contributed by atoms with van der Waals surface area (Å²) in [6, 6.07) is 19.2. The van der Waals surface area contributed by atoms with Crippen LogP contribution in [0.4, 0.5) is 0 Å². The molecular weight excluding hydrogens is 262 g/mol. The van der Waals surface area contributed by atoms with E-state index in [9.17, 15) is 4.79 Å². The molecule has 0 aliphatic heterocycles. The fourth-order valence-electron chi connectivity index (χ4n) is 2.03. The molecule has 2 aromatic carbocycles. The third kappa shape index (κ3) is 5.79. The summed E-state index contributed by atoms with van der Waals surface area (Å²) in [7, 11) is 0. The first-order valence-corrected chi connectivity index (χ1v) is 7.33. The molecule has 0 heterocycles. The van der Waals surface area contributed by atoms with Crippen molar-refractivity contribution in [1.82, 2.24) is 5.32 Å². The molecule has 0 fully saturated rings. The van der Waals surface area contributed by atoms with Crippen LogP contribution < -0.4 is 10.1 Å². The van der Waals surface area contributed by atoms with E-state index in [4.69, 9.17) is 4.74 Å². The summed E-state index contributed by atoms with van der Waals surface area (Å²) < 4.78 is 5.57. The van der Waals surface area contributed by atoms with Gasteiger partial charge in [-0.3, -0.25) is 4.79 Å². The summed E-state index contributed by atoms with van der Waals surface area (Å²) in [4.78, 5) is 11.9. The second-order valence-corrected chi connectivity index (χ2v) is 4.80. The minimum absolute atomic E-state index is 0.206. The van der Waals surface area contributed by atoms with Gasteiger partial charge in [0.15, 0.2) is 5.78 Å². The number of ketones is 1. The Labute approximate surface area is 126 Å². The van der Waals surface area contributed by atoms with Crippen molar-refractivity contribution < 1.29 is 9.53 Å². The lowest BCUT2D eigenvalue weighted by atomic mass is 10.1. The van der Waals surface area contributed by atoms with Crippen molar-refractivity contribution in [3.05, 3.63) is 66.2 Å². The van der Waals surface area contributed by atoms with E-state index in [0.29, 0.717) is 13.0 Å². The molecule has 2 rings (SSSR count). The normalized spacial score (nSPS) is 10.3. The summed E-state index contributed by atoms with van der Waals surface area (Å²) in [6.45, 7) is 2.25. The molecule has 0 bridgehead atoms. The summed E-state index contributed by atoms with van der Waals surface area (Å²) in [5, 5.41) is 3.29.